The summed E-state index contributed by atoms with van der Waals surface area (Å²) in [5, 5.41) is 4.51. The zero-order valence-corrected chi connectivity index (χ0v) is 12.9. The second-order valence-corrected chi connectivity index (χ2v) is 7.55. The second-order valence-electron chi connectivity index (χ2n) is 5.37. The van der Waals surface area contributed by atoms with Crippen LogP contribution in [0.3, 0.4) is 0 Å². The van der Waals surface area contributed by atoms with Crippen LogP contribution in [-0.2, 0) is 16.4 Å². The first-order chi connectivity index (χ1) is 9.46. The smallest absolute Gasteiger partial charge is 0.148 e. The summed E-state index contributed by atoms with van der Waals surface area (Å²) in [5.74, 6) is 0.194. The van der Waals surface area contributed by atoms with Crippen molar-refractivity contribution in [1.82, 2.24) is 9.88 Å². The molecule has 0 aliphatic rings. The van der Waals surface area contributed by atoms with Crippen LogP contribution in [0.5, 0.6) is 0 Å². The molecule has 0 spiro atoms. The lowest BCUT2D eigenvalue weighted by atomic mass is 10.2. The fourth-order valence-corrected chi connectivity index (χ4v) is 3.47. The molecule has 1 aromatic carbocycles. The SMILES string of the molecule is CC(CS(C)(=O)=O)NCCCn1ccc2ccccc21. The molecule has 1 aromatic heterocycles. The zero-order valence-electron chi connectivity index (χ0n) is 12.0. The standard InChI is InChI=1S/C15H22N2O2S/c1-13(12-20(2,18)19)16-9-5-10-17-11-8-14-6-3-4-7-15(14)17/h3-4,6-8,11,13,16H,5,9-10,12H2,1-2H3. The minimum absolute atomic E-state index is 0.00593. The summed E-state index contributed by atoms with van der Waals surface area (Å²) < 4.78 is 24.6. The molecule has 110 valence electrons. The Hall–Kier alpha value is -1.33. The summed E-state index contributed by atoms with van der Waals surface area (Å²) in [6.07, 6.45) is 4.36. The molecule has 0 fully saturated rings. The Morgan fingerprint density at radius 2 is 2.00 bits per heavy atom. The van der Waals surface area contributed by atoms with Crippen molar-refractivity contribution in [3.63, 3.8) is 0 Å². The van der Waals surface area contributed by atoms with Gasteiger partial charge >= 0.3 is 0 Å². The number of hydrogen-bond acceptors (Lipinski definition) is 3. The number of rotatable bonds is 7. The van der Waals surface area contributed by atoms with E-state index in [2.05, 4.69) is 34.3 Å². The topological polar surface area (TPSA) is 51.1 Å². The highest BCUT2D eigenvalue weighted by atomic mass is 32.2. The Kier molecular flexibility index (Phi) is 4.83. The van der Waals surface area contributed by atoms with Crippen molar-refractivity contribution in [1.29, 1.82) is 0 Å². The molecule has 4 nitrogen and oxygen atoms in total. The van der Waals surface area contributed by atoms with Gasteiger partial charge in [-0.2, -0.15) is 0 Å². The van der Waals surface area contributed by atoms with E-state index in [1.807, 2.05) is 19.1 Å². The minimum atomic E-state index is -2.90. The van der Waals surface area contributed by atoms with E-state index in [4.69, 9.17) is 0 Å². The van der Waals surface area contributed by atoms with Gasteiger partial charge in [0.15, 0.2) is 0 Å². The second kappa shape index (κ2) is 6.41. The largest absolute Gasteiger partial charge is 0.347 e. The molecule has 1 heterocycles. The van der Waals surface area contributed by atoms with Crippen LogP contribution in [0.25, 0.3) is 10.9 Å². The minimum Gasteiger partial charge on any atom is -0.347 e. The predicted molar refractivity (Wildman–Crippen MR) is 83.7 cm³/mol. The zero-order chi connectivity index (χ0) is 14.6. The summed E-state index contributed by atoms with van der Waals surface area (Å²) in [6, 6.07) is 10.4. The van der Waals surface area contributed by atoms with Gasteiger partial charge in [-0.25, -0.2) is 8.42 Å². The van der Waals surface area contributed by atoms with Gasteiger partial charge in [0, 0.05) is 30.6 Å². The maximum atomic E-state index is 11.2. The first-order valence-corrected chi connectivity index (χ1v) is 8.97. The van der Waals surface area contributed by atoms with Crippen LogP contribution >= 0.6 is 0 Å². The molecular weight excluding hydrogens is 272 g/mol. The number of aryl methyl sites for hydroxylation is 1. The summed E-state index contributed by atoms with van der Waals surface area (Å²) in [5.41, 5.74) is 1.25. The summed E-state index contributed by atoms with van der Waals surface area (Å²) in [6.45, 7) is 3.67. The first kappa shape index (κ1) is 15.1. The van der Waals surface area contributed by atoms with E-state index in [1.54, 1.807) is 0 Å². The first-order valence-electron chi connectivity index (χ1n) is 6.91. The lowest BCUT2D eigenvalue weighted by Gasteiger charge is -2.13. The van der Waals surface area contributed by atoms with Crippen LogP contribution in [0.1, 0.15) is 13.3 Å². The Labute approximate surface area is 120 Å². The summed E-state index contributed by atoms with van der Waals surface area (Å²) in [4.78, 5) is 0. The Balaban J connectivity index is 1.79. The number of benzene rings is 1. The van der Waals surface area contributed by atoms with Crippen molar-refractivity contribution in [3.8, 4) is 0 Å². The maximum Gasteiger partial charge on any atom is 0.148 e. The van der Waals surface area contributed by atoms with Crippen molar-refractivity contribution < 1.29 is 8.42 Å². The maximum absolute atomic E-state index is 11.2. The van der Waals surface area contributed by atoms with Gasteiger partial charge in [-0.15, -0.1) is 0 Å². The third-order valence-electron chi connectivity index (χ3n) is 3.30. The molecule has 1 atom stereocenters. The molecule has 0 aliphatic heterocycles. The van der Waals surface area contributed by atoms with Gasteiger partial charge in [-0.05, 0) is 37.4 Å². The van der Waals surface area contributed by atoms with Gasteiger partial charge in [0.1, 0.15) is 9.84 Å². The monoisotopic (exact) mass is 294 g/mol. The van der Waals surface area contributed by atoms with Crippen LogP contribution in [-0.4, -0.2) is 37.6 Å². The number of fused-ring (bicyclic) bond motifs is 1. The van der Waals surface area contributed by atoms with E-state index >= 15 is 0 Å². The van der Waals surface area contributed by atoms with Crippen molar-refractivity contribution in [3.05, 3.63) is 36.5 Å². The lowest BCUT2D eigenvalue weighted by Crippen LogP contribution is -2.33. The highest BCUT2D eigenvalue weighted by Gasteiger charge is 2.09. The molecule has 2 rings (SSSR count). The van der Waals surface area contributed by atoms with Gasteiger partial charge < -0.3 is 9.88 Å². The number of nitrogens with zero attached hydrogens (tertiary/aromatic N) is 1. The van der Waals surface area contributed by atoms with Crippen molar-refractivity contribution in [2.24, 2.45) is 0 Å². The van der Waals surface area contributed by atoms with Crippen molar-refractivity contribution in [2.75, 3.05) is 18.6 Å². The predicted octanol–water partition coefficient (Wildman–Crippen LogP) is 2.05. The van der Waals surface area contributed by atoms with Gasteiger partial charge in [-0.1, -0.05) is 18.2 Å². The van der Waals surface area contributed by atoms with E-state index < -0.39 is 9.84 Å². The molecule has 2 aromatic rings. The van der Waals surface area contributed by atoms with Gasteiger partial charge in [-0.3, -0.25) is 0 Å². The lowest BCUT2D eigenvalue weighted by molar-refractivity contribution is 0.532. The number of para-hydroxylation sites is 1. The Morgan fingerprint density at radius 1 is 1.25 bits per heavy atom. The molecule has 1 unspecified atom stereocenters. The molecular formula is C15H22N2O2S. The van der Waals surface area contributed by atoms with Gasteiger partial charge in [0.05, 0.1) is 5.75 Å². The average Bonchev–Trinajstić information content (AvgIpc) is 2.76. The normalized spacial score (nSPS) is 13.7. The van der Waals surface area contributed by atoms with E-state index in [0.29, 0.717) is 0 Å². The third kappa shape index (κ3) is 4.35. The Morgan fingerprint density at radius 3 is 2.75 bits per heavy atom. The van der Waals surface area contributed by atoms with Gasteiger partial charge in [0.2, 0.25) is 0 Å². The van der Waals surface area contributed by atoms with E-state index in [-0.39, 0.29) is 11.8 Å². The molecule has 0 aliphatic carbocycles. The average molecular weight is 294 g/mol. The summed E-state index contributed by atoms with van der Waals surface area (Å²) >= 11 is 0. The van der Waals surface area contributed by atoms with Crippen molar-refractivity contribution >= 4 is 20.7 Å². The van der Waals surface area contributed by atoms with E-state index in [9.17, 15) is 8.42 Å². The highest BCUT2D eigenvalue weighted by molar-refractivity contribution is 7.90. The molecule has 20 heavy (non-hydrogen) atoms. The quantitative estimate of drug-likeness (QED) is 0.795. The van der Waals surface area contributed by atoms with Crippen LogP contribution in [0.15, 0.2) is 36.5 Å². The molecule has 1 N–H and O–H groups in total. The molecule has 0 bridgehead atoms. The van der Waals surface area contributed by atoms with E-state index in [0.717, 1.165) is 19.5 Å². The van der Waals surface area contributed by atoms with Crippen LogP contribution in [0.2, 0.25) is 0 Å². The number of hydrogen-bond donors (Lipinski definition) is 1. The van der Waals surface area contributed by atoms with Gasteiger partial charge in [0.25, 0.3) is 0 Å². The number of aromatic nitrogens is 1. The fourth-order valence-electron chi connectivity index (χ4n) is 2.45. The molecule has 0 radical (unpaired) electrons. The van der Waals surface area contributed by atoms with Crippen molar-refractivity contribution in [2.45, 2.75) is 25.9 Å². The third-order valence-corrected chi connectivity index (χ3v) is 4.41. The van der Waals surface area contributed by atoms with Crippen LogP contribution in [0.4, 0.5) is 0 Å². The molecule has 0 amide bonds. The number of sulfone groups is 1. The molecule has 5 heteroatoms. The van der Waals surface area contributed by atoms with Crippen LogP contribution in [0, 0.1) is 0 Å². The summed E-state index contributed by atoms with van der Waals surface area (Å²) in [7, 11) is -2.90. The number of nitrogens with one attached hydrogen (secondary N) is 1. The highest BCUT2D eigenvalue weighted by Crippen LogP contribution is 2.15. The Bertz CT molecular complexity index is 661. The van der Waals surface area contributed by atoms with E-state index in [1.165, 1.54) is 17.2 Å². The molecule has 0 saturated heterocycles. The fraction of sp³-hybridized carbons (Fsp3) is 0.467. The van der Waals surface area contributed by atoms with Crippen LogP contribution < -0.4 is 5.32 Å². The molecule has 0 saturated carbocycles.